The summed E-state index contributed by atoms with van der Waals surface area (Å²) in [5, 5.41) is 6.32. The Labute approximate surface area is 131 Å². The molecule has 5 nitrogen and oxygen atoms in total. The van der Waals surface area contributed by atoms with Crippen LogP contribution in [0.1, 0.15) is 43.0 Å². The van der Waals surface area contributed by atoms with Crippen molar-refractivity contribution in [2.75, 3.05) is 19.7 Å². The SMILES string of the molecule is CC(=O)c1cccc(OCCCC(=O)NC2CCCNC2)c1. The molecule has 1 unspecified atom stereocenters. The van der Waals surface area contributed by atoms with E-state index >= 15 is 0 Å². The van der Waals surface area contributed by atoms with Gasteiger partial charge in [-0.15, -0.1) is 0 Å². The molecule has 0 aliphatic carbocycles. The molecule has 1 aliphatic rings. The molecule has 0 aromatic heterocycles. The van der Waals surface area contributed by atoms with Gasteiger partial charge in [-0.25, -0.2) is 0 Å². The molecule has 0 saturated carbocycles. The molecule has 5 heteroatoms. The second-order valence-corrected chi connectivity index (χ2v) is 5.65. The molecule has 22 heavy (non-hydrogen) atoms. The van der Waals surface area contributed by atoms with E-state index in [0.717, 1.165) is 25.9 Å². The fraction of sp³-hybridized carbons (Fsp3) is 0.529. The number of amides is 1. The highest BCUT2D eigenvalue weighted by molar-refractivity contribution is 5.94. The standard InChI is InChI=1S/C17H24N2O3/c1-13(20)14-5-2-7-16(11-14)22-10-4-8-17(21)19-15-6-3-9-18-12-15/h2,5,7,11,15,18H,3-4,6,8-10,12H2,1H3,(H,19,21). The number of Topliss-reactive ketones (excluding diaryl/α,β-unsaturated/α-hetero) is 1. The molecule has 1 amide bonds. The Morgan fingerprint density at radius 3 is 3.00 bits per heavy atom. The first kappa shape index (κ1) is 16.5. The number of hydrogen-bond donors (Lipinski definition) is 2. The van der Waals surface area contributed by atoms with E-state index in [1.165, 1.54) is 6.92 Å². The Balaban J connectivity index is 1.65. The van der Waals surface area contributed by atoms with Gasteiger partial charge in [-0.1, -0.05) is 12.1 Å². The Bertz CT molecular complexity index is 510. The molecular weight excluding hydrogens is 280 g/mol. The van der Waals surface area contributed by atoms with E-state index in [2.05, 4.69) is 10.6 Å². The topological polar surface area (TPSA) is 67.4 Å². The van der Waals surface area contributed by atoms with Crippen LogP contribution in [0.25, 0.3) is 0 Å². The summed E-state index contributed by atoms with van der Waals surface area (Å²) in [5.41, 5.74) is 0.639. The Hall–Kier alpha value is -1.88. The predicted molar refractivity (Wildman–Crippen MR) is 85.2 cm³/mol. The van der Waals surface area contributed by atoms with Gasteiger partial charge in [0.2, 0.25) is 5.91 Å². The zero-order valence-electron chi connectivity index (χ0n) is 13.1. The van der Waals surface area contributed by atoms with Gasteiger partial charge in [0.05, 0.1) is 6.61 Å². The number of carbonyl (C=O) groups excluding carboxylic acids is 2. The summed E-state index contributed by atoms with van der Waals surface area (Å²) >= 11 is 0. The van der Waals surface area contributed by atoms with Gasteiger partial charge in [0.25, 0.3) is 0 Å². The number of ether oxygens (including phenoxy) is 1. The maximum Gasteiger partial charge on any atom is 0.220 e. The van der Waals surface area contributed by atoms with Crippen molar-refractivity contribution in [3.05, 3.63) is 29.8 Å². The van der Waals surface area contributed by atoms with Crippen LogP contribution in [-0.4, -0.2) is 37.4 Å². The molecule has 0 bridgehead atoms. The van der Waals surface area contributed by atoms with Gasteiger partial charge < -0.3 is 15.4 Å². The van der Waals surface area contributed by atoms with Crippen molar-refractivity contribution >= 4 is 11.7 Å². The van der Waals surface area contributed by atoms with E-state index in [1.54, 1.807) is 18.2 Å². The van der Waals surface area contributed by atoms with Crippen LogP contribution in [0.15, 0.2) is 24.3 Å². The molecule has 1 atom stereocenters. The largest absolute Gasteiger partial charge is 0.494 e. The molecule has 1 heterocycles. The number of benzene rings is 1. The predicted octanol–water partition coefficient (Wildman–Crippen LogP) is 1.92. The van der Waals surface area contributed by atoms with E-state index < -0.39 is 0 Å². The van der Waals surface area contributed by atoms with E-state index in [1.807, 2.05) is 6.07 Å². The van der Waals surface area contributed by atoms with E-state index in [0.29, 0.717) is 30.8 Å². The van der Waals surface area contributed by atoms with Gasteiger partial charge in [-0.2, -0.15) is 0 Å². The summed E-state index contributed by atoms with van der Waals surface area (Å²) in [7, 11) is 0. The normalized spacial score (nSPS) is 17.8. The van der Waals surface area contributed by atoms with Crippen molar-refractivity contribution in [2.24, 2.45) is 0 Å². The van der Waals surface area contributed by atoms with Crippen LogP contribution in [0.3, 0.4) is 0 Å². The van der Waals surface area contributed by atoms with Crippen LogP contribution < -0.4 is 15.4 Å². The van der Waals surface area contributed by atoms with Crippen molar-refractivity contribution in [2.45, 2.75) is 38.6 Å². The van der Waals surface area contributed by atoms with Crippen molar-refractivity contribution in [3.63, 3.8) is 0 Å². The zero-order chi connectivity index (χ0) is 15.8. The number of ketones is 1. The average Bonchev–Trinajstić information content (AvgIpc) is 2.53. The highest BCUT2D eigenvalue weighted by Gasteiger charge is 2.14. The average molecular weight is 304 g/mol. The molecule has 2 N–H and O–H groups in total. The lowest BCUT2D eigenvalue weighted by Gasteiger charge is -2.23. The third kappa shape index (κ3) is 5.48. The quantitative estimate of drug-likeness (QED) is 0.596. The Morgan fingerprint density at radius 2 is 2.27 bits per heavy atom. The van der Waals surface area contributed by atoms with Crippen LogP contribution in [-0.2, 0) is 4.79 Å². The van der Waals surface area contributed by atoms with Gasteiger partial charge in [0, 0.05) is 24.6 Å². The minimum absolute atomic E-state index is 0.0194. The number of rotatable bonds is 7. The molecule has 1 aliphatic heterocycles. The summed E-state index contributed by atoms with van der Waals surface area (Å²) < 4.78 is 5.59. The second kappa shape index (κ2) is 8.54. The van der Waals surface area contributed by atoms with E-state index in [4.69, 9.17) is 4.74 Å². The maximum absolute atomic E-state index is 11.8. The number of piperidine rings is 1. The third-order valence-corrected chi connectivity index (χ3v) is 3.72. The molecule has 1 aromatic rings. The van der Waals surface area contributed by atoms with Crippen LogP contribution in [0, 0.1) is 0 Å². The highest BCUT2D eigenvalue weighted by atomic mass is 16.5. The molecule has 1 saturated heterocycles. The highest BCUT2D eigenvalue weighted by Crippen LogP contribution is 2.14. The van der Waals surface area contributed by atoms with Gasteiger partial charge in [0.1, 0.15) is 5.75 Å². The van der Waals surface area contributed by atoms with Gasteiger partial charge >= 0.3 is 0 Å². The van der Waals surface area contributed by atoms with Crippen molar-refractivity contribution in [3.8, 4) is 5.75 Å². The minimum atomic E-state index is 0.0194. The fourth-order valence-corrected chi connectivity index (χ4v) is 2.50. The Kier molecular flexibility index (Phi) is 6.40. The number of hydrogen-bond acceptors (Lipinski definition) is 4. The van der Waals surface area contributed by atoms with Crippen LogP contribution in [0.4, 0.5) is 0 Å². The first-order valence-corrected chi connectivity index (χ1v) is 7.89. The molecule has 0 radical (unpaired) electrons. The first-order valence-electron chi connectivity index (χ1n) is 7.89. The molecule has 1 fully saturated rings. The number of nitrogens with one attached hydrogen (secondary N) is 2. The van der Waals surface area contributed by atoms with Gasteiger partial charge in [-0.05, 0) is 44.9 Å². The summed E-state index contributed by atoms with van der Waals surface area (Å²) in [6.07, 6.45) is 3.28. The fourth-order valence-electron chi connectivity index (χ4n) is 2.50. The molecular formula is C17H24N2O3. The lowest BCUT2D eigenvalue weighted by molar-refractivity contribution is -0.122. The minimum Gasteiger partial charge on any atom is -0.494 e. The summed E-state index contributed by atoms with van der Waals surface area (Å²) in [6, 6.07) is 7.38. The van der Waals surface area contributed by atoms with Crippen molar-refractivity contribution in [1.82, 2.24) is 10.6 Å². The molecule has 1 aromatic carbocycles. The molecule has 120 valence electrons. The van der Waals surface area contributed by atoms with Gasteiger partial charge in [-0.3, -0.25) is 9.59 Å². The van der Waals surface area contributed by atoms with Crippen molar-refractivity contribution < 1.29 is 14.3 Å². The lowest BCUT2D eigenvalue weighted by atomic mass is 10.1. The first-order chi connectivity index (χ1) is 10.6. The van der Waals surface area contributed by atoms with Gasteiger partial charge in [0.15, 0.2) is 5.78 Å². The van der Waals surface area contributed by atoms with E-state index in [9.17, 15) is 9.59 Å². The monoisotopic (exact) mass is 304 g/mol. The van der Waals surface area contributed by atoms with E-state index in [-0.39, 0.29) is 17.7 Å². The summed E-state index contributed by atoms with van der Waals surface area (Å²) in [4.78, 5) is 23.1. The third-order valence-electron chi connectivity index (χ3n) is 3.72. The maximum atomic E-state index is 11.8. The smallest absolute Gasteiger partial charge is 0.220 e. The summed E-state index contributed by atoms with van der Waals surface area (Å²) in [6.45, 7) is 3.90. The van der Waals surface area contributed by atoms with Crippen molar-refractivity contribution in [1.29, 1.82) is 0 Å². The Morgan fingerprint density at radius 1 is 1.41 bits per heavy atom. The number of carbonyl (C=O) groups is 2. The van der Waals surface area contributed by atoms with Crippen LogP contribution in [0.5, 0.6) is 5.75 Å². The molecule has 2 rings (SSSR count). The molecule has 0 spiro atoms. The summed E-state index contributed by atoms with van der Waals surface area (Å²) in [5.74, 6) is 0.769. The lowest BCUT2D eigenvalue weighted by Crippen LogP contribution is -2.45. The van der Waals surface area contributed by atoms with Crippen LogP contribution >= 0.6 is 0 Å². The zero-order valence-corrected chi connectivity index (χ0v) is 13.1. The second-order valence-electron chi connectivity index (χ2n) is 5.65. The van der Waals surface area contributed by atoms with Crippen LogP contribution in [0.2, 0.25) is 0 Å².